The van der Waals surface area contributed by atoms with Gasteiger partial charge in [0.05, 0.1) is 17.1 Å². The number of hydrazone groups is 1. The summed E-state index contributed by atoms with van der Waals surface area (Å²) in [5.74, 6) is -0.392. The lowest BCUT2D eigenvalue weighted by molar-refractivity contribution is -0.384. The molecule has 0 aliphatic carbocycles. The largest absolute Gasteiger partial charge is 0.302 e. The van der Waals surface area contributed by atoms with Crippen LogP contribution in [-0.4, -0.2) is 26.7 Å². The highest BCUT2D eigenvalue weighted by Crippen LogP contribution is 2.12. The molecule has 9 nitrogen and oxygen atoms in total. The fraction of sp³-hybridized carbons (Fsp3) is 0.154. The smallest absolute Gasteiger partial charge is 0.269 e. The normalized spacial score (nSPS) is 11.2. The van der Waals surface area contributed by atoms with Gasteiger partial charge in [0.1, 0.15) is 0 Å². The van der Waals surface area contributed by atoms with Crippen molar-refractivity contribution in [2.75, 3.05) is 0 Å². The van der Waals surface area contributed by atoms with Gasteiger partial charge >= 0.3 is 0 Å². The van der Waals surface area contributed by atoms with Crippen molar-refractivity contribution >= 4 is 17.3 Å². The van der Waals surface area contributed by atoms with E-state index in [1.807, 2.05) is 0 Å². The predicted octanol–water partition coefficient (Wildman–Crippen LogP) is 0.694. The van der Waals surface area contributed by atoms with Gasteiger partial charge in [-0.25, -0.2) is 5.43 Å². The van der Waals surface area contributed by atoms with E-state index < -0.39 is 10.8 Å². The van der Waals surface area contributed by atoms with Crippen molar-refractivity contribution in [1.82, 2.24) is 15.6 Å². The minimum Gasteiger partial charge on any atom is -0.302 e. The molecule has 0 spiro atoms. The van der Waals surface area contributed by atoms with Gasteiger partial charge < -0.3 is 5.10 Å². The zero-order valence-corrected chi connectivity index (χ0v) is 11.6. The monoisotopic (exact) mass is 303 g/mol. The summed E-state index contributed by atoms with van der Waals surface area (Å²) in [4.78, 5) is 32.6. The Morgan fingerprint density at radius 3 is 2.55 bits per heavy atom. The number of H-pyrrole nitrogens is 2. The fourth-order valence-corrected chi connectivity index (χ4v) is 1.72. The van der Waals surface area contributed by atoms with E-state index in [0.717, 1.165) is 0 Å². The Morgan fingerprint density at radius 1 is 1.32 bits per heavy atom. The number of nitrogens with zero attached hydrogens (tertiary/aromatic N) is 2. The van der Waals surface area contributed by atoms with Gasteiger partial charge in [0.15, 0.2) is 0 Å². The van der Waals surface area contributed by atoms with E-state index in [-0.39, 0.29) is 17.7 Å². The Balaban J connectivity index is 1.98. The lowest BCUT2D eigenvalue weighted by atomic mass is 10.1. The van der Waals surface area contributed by atoms with Crippen LogP contribution < -0.4 is 11.0 Å². The van der Waals surface area contributed by atoms with Crippen LogP contribution in [0.4, 0.5) is 5.69 Å². The second kappa shape index (κ2) is 6.48. The third-order valence-electron chi connectivity index (χ3n) is 2.85. The third kappa shape index (κ3) is 3.88. The molecule has 1 aromatic heterocycles. The molecule has 0 atom stereocenters. The Bertz CT molecular complexity index is 772. The zero-order valence-electron chi connectivity index (χ0n) is 11.6. The van der Waals surface area contributed by atoms with Crippen LogP contribution >= 0.6 is 0 Å². The molecule has 0 aliphatic rings. The molecule has 0 fully saturated rings. The van der Waals surface area contributed by atoms with Gasteiger partial charge in [-0.3, -0.25) is 24.8 Å². The number of nitro groups is 1. The van der Waals surface area contributed by atoms with Crippen LogP contribution in [0.5, 0.6) is 0 Å². The van der Waals surface area contributed by atoms with E-state index in [9.17, 15) is 19.7 Å². The summed E-state index contributed by atoms with van der Waals surface area (Å²) in [6, 6.07) is 7.10. The van der Waals surface area contributed by atoms with Crippen LogP contribution in [0, 0.1) is 10.1 Å². The van der Waals surface area contributed by atoms with E-state index in [1.54, 1.807) is 19.1 Å². The number of non-ortho nitro benzene ring substituents is 1. The van der Waals surface area contributed by atoms with Crippen LogP contribution in [0.2, 0.25) is 0 Å². The highest BCUT2D eigenvalue weighted by atomic mass is 16.6. The highest BCUT2D eigenvalue weighted by molar-refractivity contribution is 5.99. The molecule has 0 saturated carbocycles. The van der Waals surface area contributed by atoms with Crippen molar-refractivity contribution in [2.24, 2.45) is 5.10 Å². The first-order chi connectivity index (χ1) is 10.5. The molecule has 2 aromatic rings. The quantitative estimate of drug-likeness (QED) is 0.425. The number of hydrogen-bond acceptors (Lipinski definition) is 5. The minimum absolute atomic E-state index is 0.0167. The maximum Gasteiger partial charge on any atom is 0.269 e. The molecule has 1 heterocycles. The molecule has 0 unspecified atom stereocenters. The van der Waals surface area contributed by atoms with E-state index in [4.69, 9.17) is 0 Å². The molecule has 114 valence electrons. The van der Waals surface area contributed by atoms with Gasteiger partial charge in [0.25, 0.3) is 11.2 Å². The Morgan fingerprint density at radius 2 is 2.00 bits per heavy atom. The molecular weight excluding hydrogens is 290 g/mol. The lowest BCUT2D eigenvalue weighted by Gasteiger charge is -2.02. The number of carbonyl (C=O) groups excluding carboxylic acids is 1. The fourth-order valence-electron chi connectivity index (χ4n) is 1.72. The maximum absolute atomic E-state index is 11.7. The number of benzene rings is 1. The van der Waals surface area contributed by atoms with Gasteiger partial charge in [-0.1, -0.05) is 0 Å². The number of amides is 1. The molecule has 0 aliphatic heterocycles. The SMILES string of the molecule is C/C(=N\NC(=O)Cc1cc(=O)[nH][nH]1)c1ccc([N+](=O)[O-])cc1. The molecule has 9 heteroatoms. The average Bonchev–Trinajstić information content (AvgIpc) is 2.90. The Kier molecular flexibility index (Phi) is 4.47. The van der Waals surface area contributed by atoms with Gasteiger partial charge in [-0.2, -0.15) is 5.10 Å². The summed E-state index contributed by atoms with van der Waals surface area (Å²) in [7, 11) is 0. The van der Waals surface area contributed by atoms with Gasteiger partial charge in [-0.15, -0.1) is 0 Å². The molecule has 1 aromatic carbocycles. The Labute approximate surface area is 124 Å². The van der Waals surface area contributed by atoms with Crippen molar-refractivity contribution < 1.29 is 9.72 Å². The minimum atomic E-state index is -0.490. The summed E-state index contributed by atoms with van der Waals surface area (Å²) in [6.07, 6.45) is -0.0181. The first kappa shape index (κ1) is 15.2. The van der Waals surface area contributed by atoms with Crippen LogP contribution in [0.15, 0.2) is 40.2 Å². The van der Waals surface area contributed by atoms with Crippen LogP contribution in [0.3, 0.4) is 0 Å². The van der Waals surface area contributed by atoms with E-state index in [0.29, 0.717) is 17.0 Å². The first-order valence-corrected chi connectivity index (χ1v) is 6.30. The van der Waals surface area contributed by atoms with Crippen LogP contribution in [0.25, 0.3) is 0 Å². The maximum atomic E-state index is 11.7. The number of rotatable bonds is 5. The van der Waals surface area contributed by atoms with Crippen molar-refractivity contribution in [2.45, 2.75) is 13.3 Å². The summed E-state index contributed by atoms with van der Waals surface area (Å²) in [6.45, 7) is 1.67. The standard InChI is InChI=1S/C13H13N5O4/c1-8(9-2-4-11(5-3-9)18(21)22)14-16-12(19)6-10-7-13(20)17-15-10/h2-5,7H,6H2,1H3,(H,16,19)(H2,15,17,20)/b14-8+. The Hall–Kier alpha value is -3.23. The molecule has 0 bridgehead atoms. The third-order valence-corrected chi connectivity index (χ3v) is 2.85. The molecule has 2 rings (SSSR count). The van der Waals surface area contributed by atoms with Crippen molar-refractivity contribution in [3.63, 3.8) is 0 Å². The van der Waals surface area contributed by atoms with Crippen LogP contribution in [0.1, 0.15) is 18.2 Å². The average molecular weight is 303 g/mol. The molecule has 1 amide bonds. The topological polar surface area (TPSA) is 133 Å². The van der Waals surface area contributed by atoms with Crippen molar-refractivity contribution in [1.29, 1.82) is 0 Å². The summed E-state index contributed by atoms with van der Waals surface area (Å²) in [5.41, 5.74) is 3.64. The van der Waals surface area contributed by atoms with Gasteiger partial charge in [0.2, 0.25) is 5.91 Å². The lowest BCUT2D eigenvalue weighted by Crippen LogP contribution is -2.21. The number of hydrogen-bond donors (Lipinski definition) is 3. The second-order valence-electron chi connectivity index (χ2n) is 4.50. The molecular formula is C13H13N5O4. The van der Waals surface area contributed by atoms with E-state index >= 15 is 0 Å². The second-order valence-corrected chi connectivity index (χ2v) is 4.50. The summed E-state index contributed by atoms with van der Waals surface area (Å²) in [5, 5.41) is 19.4. The molecule has 3 N–H and O–H groups in total. The number of aromatic amines is 2. The van der Waals surface area contributed by atoms with E-state index in [2.05, 4.69) is 20.7 Å². The summed E-state index contributed by atoms with van der Waals surface area (Å²) >= 11 is 0. The molecule has 0 saturated heterocycles. The summed E-state index contributed by atoms with van der Waals surface area (Å²) < 4.78 is 0. The van der Waals surface area contributed by atoms with Crippen molar-refractivity contribution in [3.05, 3.63) is 62.1 Å². The van der Waals surface area contributed by atoms with Crippen molar-refractivity contribution in [3.8, 4) is 0 Å². The van der Waals surface area contributed by atoms with Gasteiger partial charge in [-0.05, 0) is 24.6 Å². The molecule has 22 heavy (non-hydrogen) atoms. The number of nitro benzene ring substituents is 1. The number of carbonyl (C=O) groups is 1. The van der Waals surface area contributed by atoms with E-state index in [1.165, 1.54) is 18.2 Å². The van der Waals surface area contributed by atoms with Crippen LogP contribution in [-0.2, 0) is 11.2 Å². The predicted molar refractivity (Wildman–Crippen MR) is 78.6 cm³/mol. The number of aromatic nitrogens is 2. The van der Waals surface area contributed by atoms with Gasteiger partial charge in [0, 0.05) is 23.9 Å². The first-order valence-electron chi connectivity index (χ1n) is 6.30. The highest BCUT2D eigenvalue weighted by Gasteiger charge is 2.07. The zero-order chi connectivity index (χ0) is 16.1. The number of nitrogens with one attached hydrogen (secondary N) is 3. The molecule has 0 radical (unpaired) electrons.